The number of rotatable bonds is 15. The van der Waals surface area contributed by atoms with Crippen molar-refractivity contribution in [1.82, 2.24) is 24.4 Å². The number of alkyl halides is 4. The second-order valence-corrected chi connectivity index (χ2v) is 14.0. The second-order valence-electron chi connectivity index (χ2n) is 13.2. The van der Waals surface area contributed by atoms with E-state index in [1.165, 1.54) is 54.6 Å². The Labute approximate surface area is 373 Å². The third kappa shape index (κ3) is 14.7. The number of benzene rings is 2. The number of nitrogens with zero attached hydrogens (tertiary/aromatic N) is 6. The highest BCUT2D eigenvalue weighted by Crippen LogP contribution is 2.26. The molecule has 0 aliphatic heterocycles. The van der Waals surface area contributed by atoms with Crippen LogP contribution in [0.4, 0.5) is 38.0 Å². The molecule has 344 valence electrons. The summed E-state index contributed by atoms with van der Waals surface area (Å²) in [5.74, 6) is -10.8. The van der Waals surface area contributed by atoms with Crippen molar-refractivity contribution >= 4 is 46.7 Å². The normalized spacial score (nSPS) is 11.0. The van der Waals surface area contributed by atoms with Crippen LogP contribution in [0, 0.1) is 22.0 Å². The van der Waals surface area contributed by atoms with Gasteiger partial charge in [-0.3, -0.25) is 28.3 Å². The molecular formula is C40H36Cl2F6N10O7. The Bertz CT molecular complexity index is 2730. The Morgan fingerprint density at radius 1 is 0.708 bits per heavy atom. The van der Waals surface area contributed by atoms with E-state index < -0.39 is 89.9 Å². The van der Waals surface area contributed by atoms with Crippen LogP contribution in [0.2, 0.25) is 10.3 Å². The van der Waals surface area contributed by atoms with Gasteiger partial charge >= 0.3 is 17.8 Å². The molecular weight excluding hydrogens is 917 g/mol. The summed E-state index contributed by atoms with van der Waals surface area (Å²) in [5, 5.41) is 38.1. The number of nitrogens with two attached hydrogens (primary N) is 1. The van der Waals surface area contributed by atoms with Crippen molar-refractivity contribution in [2.24, 2.45) is 5.73 Å². The third-order valence-corrected chi connectivity index (χ3v) is 9.07. The molecule has 65 heavy (non-hydrogen) atoms. The zero-order valence-electron chi connectivity index (χ0n) is 33.3. The number of carboxylic acids is 1. The molecule has 0 atom stereocenters. The van der Waals surface area contributed by atoms with Gasteiger partial charge in [0.15, 0.2) is 24.0 Å². The fourth-order valence-corrected chi connectivity index (χ4v) is 5.68. The maximum absolute atomic E-state index is 14.4. The number of amides is 1. The smallest absolute Gasteiger partial charge is 0.347 e. The van der Waals surface area contributed by atoms with Crippen molar-refractivity contribution in [3.63, 3.8) is 0 Å². The van der Waals surface area contributed by atoms with Gasteiger partial charge in [-0.25, -0.2) is 18.7 Å². The van der Waals surface area contributed by atoms with Crippen LogP contribution in [0.15, 0.2) is 119 Å². The maximum Gasteiger partial charge on any atom is 0.347 e. The minimum absolute atomic E-state index is 0.0116. The number of carbonyl (C=O) groups excluding carboxylic acids is 1. The molecule has 0 unspecified atom stereocenters. The summed E-state index contributed by atoms with van der Waals surface area (Å²) in [4.78, 5) is 54.8. The van der Waals surface area contributed by atoms with Crippen molar-refractivity contribution in [2.45, 2.75) is 38.0 Å². The van der Waals surface area contributed by atoms with Crippen molar-refractivity contribution in [3.8, 4) is 0 Å². The molecule has 0 radical (unpaired) electrons. The van der Waals surface area contributed by atoms with Crippen LogP contribution in [-0.2, 0) is 47.6 Å². The molecule has 2 aromatic carbocycles. The number of aromatic nitrogens is 6. The van der Waals surface area contributed by atoms with Gasteiger partial charge in [-0.2, -0.15) is 27.0 Å². The Kier molecular flexibility index (Phi) is 17.8. The number of carboxylic acid groups (broad SMARTS) is 1. The third-order valence-electron chi connectivity index (χ3n) is 8.46. The number of hydrogen-bond donors (Lipinski definition) is 5. The second kappa shape index (κ2) is 22.9. The lowest BCUT2D eigenvalue weighted by Crippen LogP contribution is -2.41. The van der Waals surface area contributed by atoms with Crippen LogP contribution in [0.1, 0.15) is 22.5 Å². The van der Waals surface area contributed by atoms with Gasteiger partial charge in [0, 0.05) is 37.4 Å². The van der Waals surface area contributed by atoms with Gasteiger partial charge in [-0.15, -0.1) is 0 Å². The molecule has 0 aliphatic rings. The van der Waals surface area contributed by atoms with Crippen LogP contribution in [0.3, 0.4) is 0 Å². The topological polar surface area (TPSA) is 240 Å². The van der Waals surface area contributed by atoms with Crippen molar-refractivity contribution < 1.29 is 50.5 Å². The first kappa shape index (κ1) is 50.4. The predicted molar refractivity (Wildman–Crippen MR) is 223 cm³/mol. The molecule has 0 spiro atoms. The highest BCUT2D eigenvalue weighted by molar-refractivity contribution is 6.29. The van der Waals surface area contributed by atoms with E-state index in [4.69, 9.17) is 34.0 Å². The summed E-state index contributed by atoms with van der Waals surface area (Å²) in [6.07, 6.45) is 3.84. The largest absolute Gasteiger partial charge is 0.618 e. The molecule has 6 rings (SSSR count). The zero-order valence-corrected chi connectivity index (χ0v) is 34.8. The summed E-state index contributed by atoms with van der Waals surface area (Å²) in [6, 6.07) is 18.9. The fourth-order valence-electron chi connectivity index (χ4n) is 5.31. The van der Waals surface area contributed by atoms with Gasteiger partial charge in [0.1, 0.15) is 35.0 Å². The van der Waals surface area contributed by atoms with E-state index in [1.54, 1.807) is 18.2 Å². The molecule has 6 N–H and O–H groups in total. The van der Waals surface area contributed by atoms with Crippen LogP contribution in [0.25, 0.3) is 0 Å². The molecule has 4 aromatic heterocycles. The molecule has 17 nitrogen and oxygen atoms in total. The lowest BCUT2D eigenvalue weighted by Gasteiger charge is -2.17. The average molecular weight is 954 g/mol. The molecule has 1 amide bonds. The van der Waals surface area contributed by atoms with Crippen LogP contribution >= 0.6 is 23.2 Å². The molecule has 4 heterocycles. The standard InChI is InChI=1S/C20H17ClF3N5O3.C13H11ClF2N4O4.C7H8FN/c21-16-10-26-18(27-12-20(23,24)15-6-1-2-7-29(15)32)19(31)28(16)11-17(30)25-9-13-4-3-5-14(22)8-13;14-9-5-17-11(12(23)19(9)6-10(21)22)18-7-13(15,16)8-3-1-2-4-20(8)24;8-7-3-1-2-6(4-7)5-9/h1-8,10H,9,11-12H2,(H,25,30)(H,26,27);1-5H,6-7H2,(H,17,18)(H,21,22);1-4H,5,9H2. The minimum atomic E-state index is -3.61. The number of pyridine rings is 2. The van der Waals surface area contributed by atoms with Gasteiger partial charge in [0.2, 0.25) is 5.91 Å². The van der Waals surface area contributed by atoms with Gasteiger partial charge in [-0.1, -0.05) is 47.5 Å². The highest BCUT2D eigenvalue weighted by Gasteiger charge is 2.40. The van der Waals surface area contributed by atoms with E-state index >= 15 is 0 Å². The van der Waals surface area contributed by atoms with E-state index in [1.807, 2.05) is 0 Å². The van der Waals surface area contributed by atoms with Crippen LogP contribution in [0.5, 0.6) is 0 Å². The zero-order chi connectivity index (χ0) is 47.9. The minimum Gasteiger partial charge on any atom is -0.618 e. The van der Waals surface area contributed by atoms with Crippen molar-refractivity contribution in [2.75, 3.05) is 23.7 Å². The number of hydrogen-bond acceptors (Lipinski definition) is 11. The van der Waals surface area contributed by atoms with E-state index in [0.29, 0.717) is 16.7 Å². The summed E-state index contributed by atoms with van der Waals surface area (Å²) in [5.41, 5.74) is 3.10. The van der Waals surface area contributed by atoms with Gasteiger partial charge in [-0.05, 0) is 47.5 Å². The Morgan fingerprint density at radius 2 is 1.15 bits per heavy atom. The van der Waals surface area contributed by atoms with Crippen molar-refractivity contribution in [3.05, 3.63) is 185 Å². The highest BCUT2D eigenvalue weighted by atomic mass is 35.5. The lowest BCUT2D eigenvalue weighted by atomic mass is 10.2. The first-order valence-electron chi connectivity index (χ1n) is 18.5. The molecule has 0 aliphatic carbocycles. The number of carbonyl (C=O) groups is 2. The predicted octanol–water partition coefficient (Wildman–Crippen LogP) is 4.29. The lowest BCUT2D eigenvalue weighted by molar-refractivity contribution is -0.624. The number of halogens is 8. The average Bonchev–Trinajstić information content (AvgIpc) is 3.26. The molecule has 0 bridgehead atoms. The molecule has 0 saturated heterocycles. The maximum atomic E-state index is 14.4. The van der Waals surface area contributed by atoms with Gasteiger partial charge < -0.3 is 37.2 Å². The molecule has 0 saturated carbocycles. The monoisotopic (exact) mass is 952 g/mol. The van der Waals surface area contributed by atoms with E-state index in [9.17, 15) is 55.9 Å². The Hall–Kier alpha value is -7.24. The summed E-state index contributed by atoms with van der Waals surface area (Å²) in [7, 11) is 0. The van der Waals surface area contributed by atoms with E-state index in [2.05, 4.69) is 25.9 Å². The fraction of sp³-hybridized carbons (Fsp3) is 0.200. The Morgan fingerprint density at radius 3 is 1.57 bits per heavy atom. The van der Waals surface area contributed by atoms with E-state index in [-0.39, 0.29) is 32.1 Å². The summed E-state index contributed by atoms with van der Waals surface area (Å²) in [6.45, 7) is -3.02. The van der Waals surface area contributed by atoms with Crippen LogP contribution < -0.4 is 42.3 Å². The molecule has 25 heteroatoms. The summed E-state index contributed by atoms with van der Waals surface area (Å²) >= 11 is 11.6. The van der Waals surface area contributed by atoms with Crippen LogP contribution in [-0.4, -0.2) is 49.2 Å². The van der Waals surface area contributed by atoms with E-state index in [0.717, 1.165) is 47.1 Å². The first-order valence-corrected chi connectivity index (χ1v) is 19.3. The van der Waals surface area contributed by atoms with Crippen molar-refractivity contribution in [1.29, 1.82) is 0 Å². The summed E-state index contributed by atoms with van der Waals surface area (Å²) < 4.78 is 84.0. The Balaban J connectivity index is 0.000000245. The SMILES string of the molecule is NCc1cccc(F)c1.O=C(Cn1c(Cl)cnc(NCC(F)(F)c2cccc[n+]2[O-])c1=O)NCc1cccc(F)c1.O=C(O)Cn1c(Cl)cnc(NCC(F)(F)c2cccc[n+]2[O-])c1=O. The quantitative estimate of drug-likeness (QED) is 0.0551. The van der Waals surface area contributed by atoms with Gasteiger partial charge in [0.05, 0.1) is 25.5 Å². The molecule has 0 fully saturated rings. The number of nitrogens with one attached hydrogen (secondary N) is 3. The number of anilines is 2. The molecule has 6 aromatic rings. The first-order chi connectivity index (χ1) is 30.7. The van der Waals surface area contributed by atoms with Gasteiger partial charge in [0.25, 0.3) is 22.5 Å². The number of aliphatic carboxylic acids is 1.